The number of aryl methyl sites for hydroxylation is 2. The lowest BCUT2D eigenvalue weighted by Gasteiger charge is -2.17. The minimum atomic E-state index is -1.21. The van der Waals surface area contributed by atoms with Crippen LogP contribution in [0.4, 0.5) is 4.79 Å². The average Bonchev–Trinajstić information content (AvgIpc) is 3.00. The number of thiophene rings is 1. The van der Waals surface area contributed by atoms with Crippen LogP contribution < -0.4 is 10.6 Å². The van der Waals surface area contributed by atoms with Gasteiger partial charge in [0.15, 0.2) is 0 Å². The second kappa shape index (κ2) is 8.43. The molecule has 1 heterocycles. The molecule has 3 amide bonds. The van der Waals surface area contributed by atoms with Crippen molar-refractivity contribution in [1.29, 1.82) is 0 Å². The SMILES string of the molecule is CCc1cc(C(=O)OC(C(=O)NC(=O)NC)c2ccccc2)sc1C. The van der Waals surface area contributed by atoms with Gasteiger partial charge in [0, 0.05) is 17.5 Å². The molecule has 2 N–H and O–H groups in total. The van der Waals surface area contributed by atoms with Gasteiger partial charge in [-0.15, -0.1) is 11.3 Å². The number of amides is 3. The number of hydrogen-bond acceptors (Lipinski definition) is 5. The molecular formula is C18H20N2O4S. The number of nitrogens with one attached hydrogen (secondary N) is 2. The molecule has 0 aliphatic heterocycles. The summed E-state index contributed by atoms with van der Waals surface area (Å²) in [5, 5.41) is 4.45. The van der Waals surface area contributed by atoms with Gasteiger partial charge in [0.05, 0.1) is 0 Å². The van der Waals surface area contributed by atoms with Gasteiger partial charge in [-0.3, -0.25) is 10.1 Å². The Labute approximate surface area is 150 Å². The molecule has 0 aliphatic rings. The predicted molar refractivity (Wildman–Crippen MR) is 95.6 cm³/mol. The fourth-order valence-electron chi connectivity index (χ4n) is 2.28. The Morgan fingerprint density at radius 3 is 2.44 bits per heavy atom. The number of urea groups is 1. The van der Waals surface area contributed by atoms with E-state index in [1.165, 1.54) is 18.4 Å². The second-order valence-electron chi connectivity index (χ2n) is 5.31. The first-order valence-electron chi connectivity index (χ1n) is 7.84. The molecule has 2 aromatic rings. The van der Waals surface area contributed by atoms with E-state index in [1.807, 2.05) is 13.8 Å². The lowest BCUT2D eigenvalue weighted by atomic mass is 10.1. The van der Waals surface area contributed by atoms with E-state index in [4.69, 9.17) is 4.74 Å². The van der Waals surface area contributed by atoms with E-state index >= 15 is 0 Å². The molecule has 132 valence electrons. The number of hydrogen-bond donors (Lipinski definition) is 2. The van der Waals surface area contributed by atoms with Crippen LogP contribution in [0.25, 0.3) is 0 Å². The first-order chi connectivity index (χ1) is 12.0. The van der Waals surface area contributed by atoms with Gasteiger partial charge < -0.3 is 10.1 Å². The van der Waals surface area contributed by atoms with Gasteiger partial charge in [-0.25, -0.2) is 9.59 Å². The molecule has 2 rings (SSSR count). The van der Waals surface area contributed by atoms with E-state index in [-0.39, 0.29) is 0 Å². The highest BCUT2D eigenvalue weighted by Crippen LogP contribution is 2.26. The monoisotopic (exact) mass is 360 g/mol. The van der Waals surface area contributed by atoms with Crippen molar-refractivity contribution in [1.82, 2.24) is 10.6 Å². The summed E-state index contributed by atoms with van der Waals surface area (Å²) in [6.07, 6.45) is -0.395. The zero-order chi connectivity index (χ0) is 18.4. The first-order valence-corrected chi connectivity index (χ1v) is 8.65. The number of benzene rings is 1. The third kappa shape index (κ3) is 4.67. The number of esters is 1. The van der Waals surface area contributed by atoms with Gasteiger partial charge in [-0.1, -0.05) is 37.3 Å². The summed E-state index contributed by atoms with van der Waals surface area (Å²) < 4.78 is 5.42. The number of carbonyl (C=O) groups excluding carboxylic acids is 3. The summed E-state index contributed by atoms with van der Waals surface area (Å²) in [7, 11) is 1.40. The minimum absolute atomic E-state index is 0.433. The van der Waals surface area contributed by atoms with Crippen LogP contribution >= 0.6 is 11.3 Å². The maximum atomic E-state index is 12.5. The first kappa shape index (κ1) is 18.7. The van der Waals surface area contributed by atoms with Crippen molar-refractivity contribution in [3.05, 3.63) is 57.3 Å². The summed E-state index contributed by atoms with van der Waals surface area (Å²) in [6, 6.07) is 9.69. The van der Waals surface area contributed by atoms with Crippen LogP contribution in [-0.4, -0.2) is 25.0 Å². The lowest BCUT2D eigenvalue weighted by Crippen LogP contribution is -2.41. The highest BCUT2D eigenvalue weighted by atomic mass is 32.1. The maximum absolute atomic E-state index is 12.5. The fraction of sp³-hybridized carbons (Fsp3) is 0.278. The molecule has 0 fully saturated rings. The molecule has 0 bridgehead atoms. The third-order valence-corrected chi connectivity index (χ3v) is 4.70. The zero-order valence-corrected chi connectivity index (χ0v) is 15.1. The summed E-state index contributed by atoms with van der Waals surface area (Å²) in [6.45, 7) is 3.95. The highest BCUT2D eigenvalue weighted by molar-refractivity contribution is 7.14. The van der Waals surface area contributed by atoms with Crippen molar-refractivity contribution >= 4 is 29.2 Å². The highest BCUT2D eigenvalue weighted by Gasteiger charge is 2.27. The van der Waals surface area contributed by atoms with Crippen molar-refractivity contribution in [3.8, 4) is 0 Å². The molecule has 6 nitrogen and oxygen atoms in total. The van der Waals surface area contributed by atoms with Crippen molar-refractivity contribution in [2.75, 3.05) is 7.05 Å². The van der Waals surface area contributed by atoms with E-state index in [9.17, 15) is 14.4 Å². The normalized spacial score (nSPS) is 11.5. The van der Waals surface area contributed by atoms with E-state index in [0.717, 1.165) is 16.9 Å². The largest absolute Gasteiger partial charge is 0.443 e. The third-order valence-electron chi connectivity index (χ3n) is 3.63. The summed E-state index contributed by atoms with van der Waals surface area (Å²) in [5.41, 5.74) is 1.56. The molecule has 0 spiro atoms. The van der Waals surface area contributed by atoms with Crippen LogP contribution in [0.2, 0.25) is 0 Å². The van der Waals surface area contributed by atoms with Crippen molar-refractivity contribution < 1.29 is 19.1 Å². The molecule has 0 saturated carbocycles. The molecular weight excluding hydrogens is 340 g/mol. The van der Waals surface area contributed by atoms with Crippen LogP contribution in [0.15, 0.2) is 36.4 Å². The Morgan fingerprint density at radius 1 is 1.20 bits per heavy atom. The molecule has 1 atom stereocenters. The lowest BCUT2D eigenvalue weighted by molar-refractivity contribution is -0.129. The Morgan fingerprint density at radius 2 is 1.88 bits per heavy atom. The molecule has 0 saturated heterocycles. The van der Waals surface area contributed by atoms with Gasteiger partial charge in [0.2, 0.25) is 6.10 Å². The van der Waals surface area contributed by atoms with Gasteiger partial charge >= 0.3 is 12.0 Å². The Kier molecular flexibility index (Phi) is 6.30. The van der Waals surface area contributed by atoms with Crippen molar-refractivity contribution in [2.24, 2.45) is 0 Å². The Balaban J connectivity index is 2.24. The molecule has 0 radical (unpaired) electrons. The minimum Gasteiger partial charge on any atom is -0.443 e. The predicted octanol–water partition coefficient (Wildman–Crippen LogP) is 2.97. The van der Waals surface area contributed by atoms with Gasteiger partial charge in [0.25, 0.3) is 5.91 Å². The molecule has 1 aromatic heterocycles. The van der Waals surface area contributed by atoms with E-state index in [0.29, 0.717) is 10.4 Å². The Hall–Kier alpha value is -2.67. The topological polar surface area (TPSA) is 84.5 Å². The quantitative estimate of drug-likeness (QED) is 0.803. The van der Waals surface area contributed by atoms with Gasteiger partial charge in [0.1, 0.15) is 4.88 Å². The molecule has 1 aromatic carbocycles. The number of imide groups is 1. The number of ether oxygens (including phenoxy) is 1. The van der Waals surface area contributed by atoms with Crippen molar-refractivity contribution in [2.45, 2.75) is 26.4 Å². The standard InChI is InChI=1S/C18H20N2O4S/c1-4-12-10-14(25-11(12)2)17(22)24-15(13-8-6-5-7-9-13)16(21)20-18(23)19-3/h5-10,15H,4H2,1-3H3,(H2,19,20,21,23). The molecule has 1 unspecified atom stereocenters. The van der Waals surface area contributed by atoms with Crippen LogP contribution in [0.5, 0.6) is 0 Å². The van der Waals surface area contributed by atoms with Crippen LogP contribution in [-0.2, 0) is 16.0 Å². The second-order valence-corrected chi connectivity index (χ2v) is 6.57. The van der Waals surface area contributed by atoms with Gasteiger partial charge in [-0.2, -0.15) is 0 Å². The van der Waals surface area contributed by atoms with Crippen LogP contribution in [0.3, 0.4) is 0 Å². The summed E-state index contributed by atoms with van der Waals surface area (Å²) >= 11 is 1.33. The molecule has 0 aliphatic carbocycles. The van der Waals surface area contributed by atoms with Crippen LogP contribution in [0, 0.1) is 6.92 Å². The van der Waals surface area contributed by atoms with E-state index in [1.54, 1.807) is 36.4 Å². The molecule has 7 heteroatoms. The maximum Gasteiger partial charge on any atom is 0.349 e. The summed E-state index contributed by atoms with van der Waals surface area (Å²) in [5.74, 6) is -1.29. The van der Waals surface area contributed by atoms with Gasteiger partial charge in [-0.05, 0) is 25.0 Å². The number of rotatable bonds is 5. The zero-order valence-electron chi connectivity index (χ0n) is 14.3. The molecule has 25 heavy (non-hydrogen) atoms. The fourth-order valence-corrected chi connectivity index (χ4v) is 3.27. The summed E-state index contributed by atoms with van der Waals surface area (Å²) in [4.78, 5) is 37.7. The average molecular weight is 360 g/mol. The van der Waals surface area contributed by atoms with Crippen LogP contribution in [0.1, 0.15) is 38.7 Å². The Bertz CT molecular complexity index is 771. The van der Waals surface area contributed by atoms with E-state index < -0.39 is 24.0 Å². The smallest absolute Gasteiger partial charge is 0.349 e. The van der Waals surface area contributed by atoms with E-state index in [2.05, 4.69) is 10.6 Å². The van der Waals surface area contributed by atoms with Crippen molar-refractivity contribution in [3.63, 3.8) is 0 Å². The number of carbonyl (C=O) groups is 3.